The van der Waals surface area contributed by atoms with Gasteiger partial charge >= 0.3 is 0 Å². The van der Waals surface area contributed by atoms with Gasteiger partial charge in [-0.2, -0.15) is 0 Å². The summed E-state index contributed by atoms with van der Waals surface area (Å²) in [5, 5.41) is 2.72. The predicted molar refractivity (Wildman–Crippen MR) is 102 cm³/mol. The van der Waals surface area contributed by atoms with Crippen molar-refractivity contribution in [1.29, 1.82) is 0 Å². The lowest BCUT2D eigenvalue weighted by Gasteiger charge is -2.24. The number of methoxy groups -OCH3 is 1. The molecule has 2 aromatic carbocycles. The minimum absolute atomic E-state index is 0.141. The van der Waals surface area contributed by atoms with Gasteiger partial charge in [-0.25, -0.2) is 8.42 Å². The Bertz CT molecular complexity index is 831. The number of rotatable bonds is 8. The Morgan fingerprint density at radius 3 is 2.23 bits per heavy atom. The number of sulfonamides is 1. The number of benzene rings is 2. The van der Waals surface area contributed by atoms with Crippen molar-refractivity contribution in [3.8, 4) is 5.75 Å². The fourth-order valence-electron chi connectivity index (χ4n) is 2.35. The van der Waals surface area contributed by atoms with Crippen molar-refractivity contribution in [2.24, 2.45) is 0 Å². The monoisotopic (exact) mass is 376 g/mol. The van der Waals surface area contributed by atoms with Crippen molar-refractivity contribution >= 4 is 21.6 Å². The summed E-state index contributed by atoms with van der Waals surface area (Å²) in [5.74, 6) is 0.259. The number of hydrogen-bond donors (Lipinski definition) is 1. The Morgan fingerprint density at radius 1 is 1.08 bits per heavy atom. The fourth-order valence-corrected chi connectivity index (χ4v) is 3.77. The smallest absolute Gasteiger partial charge is 0.264 e. The van der Waals surface area contributed by atoms with Gasteiger partial charge < -0.3 is 10.1 Å². The number of amides is 1. The molecule has 26 heavy (non-hydrogen) atoms. The molecule has 0 aliphatic carbocycles. The van der Waals surface area contributed by atoms with Crippen LogP contribution in [0, 0.1) is 6.92 Å². The molecule has 0 atom stereocenters. The van der Waals surface area contributed by atoms with E-state index in [4.69, 9.17) is 4.74 Å². The molecule has 1 amide bonds. The van der Waals surface area contributed by atoms with Crippen LogP contribution in [0.5, 0.6) is 5.75 Å². The van der Waals surface area contributed by atoms with E-state index in [1.54, 1.807) is 48.5 Å². The van der Waals surface area contributed by atoms with Crippen LogP contribution in [0.1, 0.15) is 18.9 Å². The first kappa shape index (κ1) is 19.8. The molecule has 0 aliphatic rings. The standard InChI is InChI=1S/C19H24N2O4S/c1-4-13-20-19(22)14-21(16-7-9-17(25-3)10-8-16)26(23,24)18-11-5-15(2)6-12-18/h5-12H,4,13-14H2,1-3H3,(H,20,22). The maximum atomic E-state index is 13.1. The minimum Gasteiger partial charge on any atom is -0.497 e. The number of nitrogens with zero attached hydrogens (tertiary/aromatic N) is 1. The third kappa shape index (κ3) is 4.76. The van der Waals surface area contributed by atoms with Gasteiger partial charge in [0.1, 0.15) is 12.3 Å². The van der Waals surface area contributed by atoms with Gasteiger partial charge in [0, 0.05) is 6.54 Å². The van der Waals surface area contributed by atoms with E-state index in [0.29, 0.717) is 18.0 Å². The maximum absolute atomic E-state index is 13.1. The lowest BCUT2D eigenvalue weighted by molar-refractivity contribution is -0.119. The van der Waals surface area contributed by atoms with Gasteiger partial charge in [0.15, 0.2) is 0 Å². The first-order valence-corrected chi connectivity index (χ1v) is 9.82. The Kier molecular flexibility index (Phi) is 6.63. The van der Waals surface area contributed by atoms with E-state index in [1.165, 1.54) is 7.11 Å². The Hall–Kier alpha value is -2.54. The van der Waals surface area contributed by atoms with Crippen LogP contribution in [0.25, 0.3) is 0 Å². The molecule has 0 aromatic heterocycles. The average Bonchev–Trinajstić information content (AvgIpc) is 2.64. The molecule has 0 fully saturated rings. The predicted octanol–water partition coefficient (Wildman–Crippen LogP) is 2.73. The van der Waals surface area contributed by atoms with Gasteiger partial charge in [-0.1, -0.05) is 24.6 Å². The van der Waals surface area contributed by atoms with Crippen molar-refractivity contribution in [3.05, 3.63) is 54.1 Å². The zero-order valence-electron chi connectivity index (χ0n) is 15.2. The zero-order chi connectivity index (χ0) is 19.2. The zero-order valence-corrected chi connectivity index (χ0v) is 16.0. The summed E-state index contributed by atoms with van der Waals surface area (Å²) >= 11 is 0. The molecule has 0 spiro atoms. The van der Waals surface area contributed by atoms with Gasteiger partial charge in [-0.05, 0) is 49.7 Å². The SMILES string of the molecule is CCCNC(=O)CN(c1ccc(OC)cc1)S(=O)(=O)c1ccc(C)cc1. The number of carbonyl (C=O) groups is 1. The topological polar surface area (TPSA) is 75.7 Å². The number of hydrogen-bond acceptors (Lipinski definition) is 4. The van der Waals surface area contributed by atoms with Crippen molar-refractivity contribution in [1.82, 2.24) is 5.32 Å². The highest BCUT2D eigenvalue weighted by Gasteiger charge is 2.27. The number of ether oxygens (including phenoxy) is 1. The van der Waals surface area contributed by atoms with E-state index in [-0.39, 0.29) is 17.3 Å². The second-order valence-corrected chi connectivity index (χ2v) is 7.74. The van der Waals surface area contributed by atoms with Crippen LogP contribution >= 0.6 is 0 Å². The van der Waals surface area contributed by atoms with Gasteiger partial charge in [-0.15, -0.1) is 0 Å². The van der Waals surface area contributed by atoms with E-state index >= 15 is 0 Å². The largest absolute Gasteiger partial charge is 0.497 e. The van der Waals surface area contributed by atoms with Crippen LogP contribution in [0.4, 0.5) is 5.69 Å². The van der Waals surface area contributed by atoms with Crippen LogP contribution in [0.2, 0.25) is 0 Å². The highest BCUT2D eigenvalue weighted by molar-refractivity contribution is 7.92. The first-order chi connectivity index (χ1) is 12.4. The third-order valence-corrected chi connectivity index (χ3v) is 5.62. The molecule has 2 aromatic rings. The number of carbonyl (C=O) groups excluding carboxylic acids is 1. The number of aryl methyl sites for hydroxylation is 1. The molecular formula is C19H24N2O4S. The van der Waals surface area contributed by atoms with Gasteiger partial charge in [0.05, 0.1) is 17.7 Å². The molecular weight excluding hydrogens is 352 g/mol. The third-order valence-electron chi connectivity index (χ3n) is 3.83. The summed E-state index contributed by atoms with van der Waals surface area (Å²) in [4.78, 5) is 12.3. The summed E-state index contributed by atoms with van der Waals surface area (Å²) in [6.45, 7) is 4.03. The first-order valence-electron chi connectivity index (χ1n) is 8.38. The van der Waals surface area contributed by atoms with E-state index in [2.05, 4.69) is 5.32 Å². The Labute approximate surface area is 154 Å². The summed E-state index contributed by atoms with van der Waals surface area (Å²) in [7, 11) is -2.34. The van der Waals surface area contributed by atoms with Crippen molar-refractivity contribution in [2.75, 3.05) is 24.5 Å². The van der Waals surface area contributed by atoms with Crippen LogP contribution in [-0.4, -0.2) is 34.5 Å². The molecule has 140 valence electrons. The molecule has 0 radical (unpaired) electrons. The fraction of sp³-hybridized carbons (Fsp3) is 0.316. The molecule has 0 bridgehead atoms. The van der Waals surface area contributed by atoms with Crippen molar-refractivity contribution in [2.45, 2.75) is 25.2 Å². The van der Waals surface area contributed by atoms with Gasteiger partial charge in [0.2, 0.25) is 5.91 Å². The van der Waals surface area contributed by atoms with Crippen LogP contribution < -0.4 is 14.4 Å². The summed E-state index contributed by atoms with van der Waals surface area (Å²) in [6, 6.07) is 13.1. The average molecular weight is 376 g/mol. The maximum Gasteiger partial charge on any atom is 0.264 e. The van der Waals surface area contributed by atoms with E-state index in [0.717, 1.165) is 16.3 Å². The second kappa shape index (κ2) is 8.71. The van der Waals surface area contributed by atoms with Crippen molar-refractivity contribution < 1.29 is 17.9 Å². The highest BCUT2D eigenvalue weighted by Crippen LogP contribution is 2.25. The minimum atomic E-state index is -3.88. The summed E-state index contributed by atoms with van der Waals surface area (Å²) in [5.41, 5.74) is 1.36. The van der Waals surface area contributed by atoms with Crippen molar-refractivity contribution in [3.63, 3.8) is 0 Å². The molecule has 6 nitrogen and oxygen atoms in total. The second-order valence-electron chi connectivity index (χ2n) is 5.87. The molecule has 2 rings (SSSR count). The quantitative estimate of drug-likeness (QED) is 0.769. The van der Waals surface area contributed by atoms with Crippen LogP contribution in [0.15, 0.2) is 53.4 Å². The van der Waals surface area contributed by atoms with E-state index in [9.17, 15) is 13.2 Å². The molecule has 0 heterocycles. The Balaban J connectivity index is 2.40. The normalized spacial score (nSPS) is 11.0. The van der Waals surface area contributed by atoms with Gasteiger partial charge in [0.25, 0.3) is 10.0 Å². The van der Waals surface area contributed by atoms with E-state index < -0.39 is 10.0 Å². The lowest BCUT2D eigenvalue weighted by Crippen LogP contribution is -2.41. The highest BCUT2D eigenvalue weighted by atomic mass is 32.2. The number of anilines is 1. The lowest BCUT2D eigenvalue weighted by atomic mass is 10.2. The van der Waals surface area contributed by atoms with Gasteiger partial charge in [-0.3, -0.25) is 9.10 Å². The summed E-state index contributed by atoms with van der Waals surface area (Å²) in [6.07, 6.45) is 0.777. The summed E-state index contributed by atoms with van der Waals surface area (Å²) < 4.78 is 32.5. The molecule has 0 aliphatic heterocycles. The van der Waals surface area contributed by atoms with Crippen LogP contribution in [-0.2, 0) is 14.8 Å². The Morgan fingerprint density at radius 2 is 1.69 bits per heavy atom. The molecule has 0 saturated heterocycles. The van der Waals surface area contributed by atoms with Crippen LogP contribution in [0.3, 0.4) is 0 Å². The van der Waals surface area contributed by atoms with E-state index in [1.807, 2.05) is 13.8 Å². The molecule has 7 heteroatoms. The number of nitrogens with one attached hydrogen (secondary N) is 1. The molecule has 0 unspecified atom stereocenters. The molecule has 0 saturated carbocycles. The molecule has 1 N–H and O–H groups in total.